The zero-order valence-corrected chi connectivity index (χ0v) is 14.6. The molecule has 6 nitrogen and oxygen atoms in total. The van der Waals surface area contributed by atoms with Gasteiger partial charge in [-0.25, -0.2) is 4.98 Å². The summed E-state index contributed by atoms with van der Waals surface area (Å²) in [5.41, 5.74) is 2.94. The van der Waals surface area contributed by atoms with E-state index in [2.05, 4.69) is 15.6 Å². The van der Waals surface area contributed by atoms with Gasteiger partial charge in [-0.3, -0.25) is 4.79 Å². The molecule has 0 saturated heterocycles. The van der Waals surface area contributed by atoms with Gasteiger partial charge in [-0.05, 0) is 61.6 Å². The second kappa shape index (κ2) is 7.31. The summed E-state index contributed by atoms with van der Waals surface area (Å²) in [5.74, 6) is 1.11. The molecular weight excluding hydrogens is 338 g/mol. The molecule has 0 unspecified atom stereocenters. The fraction of sp³-hybridized carbons (Fsp3) is 0.167. The molecule has 3 rings (SSSR count). The average Bonchev–Trinajstić information content (AvgIpc) is 2.98. The molecule has 2 aromatic carbocycles. The summed E-state index contributed by atoms with van der Waals surface area (Å²) in [5, 5.41) is 5.69. The highest BCUT2D eigenvalue weighted by atomic mass is 32.1. The summed E-state index contributed by atoms with van der Waals surface area (Å²) in [7, 11) is 0. The molecule has 0 saturated carbocycles. The van der Waals surface area contributed by atoms with E-state index in [4.69, 9.17) is 21.4 Å². The predicted octanol–water partition coefficient (Wildman–Crippen LogP) is 3.73. The maximum absolute atomic E-state index is 11.0. The first-order valence-electron chi connectivity index (χ1n) is 7.77. The molecule has 1 amide bonds. The van der Waals surface area contributed by atoms with E-state index in [-0.39, 0.29) is 11.0 Å². The molecule has 1 aromatic heterocycles. The van der Waals surface area contributed by atoms with Gasteiger partial charge in [-0.2, -0.15) is 0 Å². The third kappa shape index (κ3) is 4.13. The molecule has 0 aliphatic rings. The number of anilines is 1. The summed E-state index contributed by atoms with van der Waals surface area (Å²) in [6.45, 7) is 3.97. The Morgan fingerprint density at radius 2 is 2.00 bits per heavy atom. The fourth-order valence-electron chi connectivity index (χ4n) is 2.31. The second-order valence-corrected chi connectivity index (χ2v) is 5.70. The molecule has 0 radical (unpaired) electrons. The van der Waals surface area contributed by atoms with Crippen LogP contribution in [-0.4, -0.2) is 22.6 Å². The number of rotatable bonds is 4. The number of fused-ring (bicyclic) bond motifs is 1. The number of carbonyl (C=O) groups is 1. The van der Waals surface area contributed by atoms with E-state index in [1.165, 1.54) is 6.92 Å². The summed E-state index contributed by atoms with van der Waals surface area (Å²) < 4.78 is 11.2. The maximum Gasteiger partial charge on any atom is 0.227 e. The number of nitrogens with zero attached hydrogens (tertiary/aromatic N) is 1. The van der Waals surface area contributed by atoms with Gasteiger partial charge in [-0.15, -0.1) is 0 Å². The number of hydrogen-bond donors (Lipinski definition) is 2. The molecule has 0 fully saturated rings. The monoisotopic (exact) mass is 355 g/mol. The largest absolute Gasteiger partial charge is 0.494 e. The lowest BCUT2D eigenvalue weighted by Crippen LogP contribution is -2.32. The first-order chi connectivity index (χ1) is 12.0. The lowest BCUT2D eigenvalue weighted by molar-refractivity contribution is -0.117. The third-order valence-corrected chi connectivity index (χ3v) is 3.55. The SMILES string of the molecule is CCOc1ccc(-c2nc3cc(NC(=S)NC(C)=O)ccc3o2)cc1. The van der Waals surface area contributed by atoms with Crippen LogP contribution < -0.4 is 15.4 Å². The van der Waals surface area contributed by atoms with E-state index in [1.54, 1.807) is 6.07 Å². The Hall–Kier alpha value is -2.93. The van der Waals surface area contributed by atoms with Crippen molar-refractivity contribution in [2.75, 3.05) is 11.9 Å². The predicted molar refractivity (Wildman–Crippen MR) is 101 cm³/mol. The van der Waals surface area contributed by atoms with Crippen molar-refractivity contribution in [1.82, 2.24) is 10.3 Å². The molecular formula is C18H17N3O3S. The molecule has 2 N–H and O–H groups in total. The Morgan fingerprint density at radius 1 is 1.24 bits per heavy atom. The number of ether oxygens (including phenoxy) is 1. The molecule has 25 heavy (non-hydrogen) atoms. The van der Waals surface area contributed by atoms with Crippen molar-refractivity contribution in [2.24, 2.45) is 0 Å². The van der Waals surface area contributed by atoms with Crippen molar-refractivity contribution in [2.45, 2.75) is 13.8 Å². The lowest BCUT2D eigenvalue weighted by atomic mass is 10.2. The smallest absolute Gasteiger partial charge is 0.227 e. The van der Waals surface area contributed by atoms with Crippen LogP contribution in [0.2, 0.25) is 0 Å². The minimum absolute atomic E-state index is 0.224. The number of thiocarbonyl (C=S) groups is 1. The van der Waals surface area contributed by atoms with Crippen LogP contribution >= 0.6 is 12.2 Å². The van der Waals surface area contributed by atoms with E-state index in [9.17, 15) is 4.79 Å². The second-order valence-electron chi connectivity index (χ2n) is 5.29. The molecule has 0 atom stereocenters. The molecule has 0 spiro atoms. The Kier molecular flexibility index (Phi) is 4.95. The van der Waals surface area contributed by atoms with Gasteiger partial charge in [0.05, 0.1) is 6.61 Å². The Bertz CT molecular complexity index is 919. The number of hydrogen-bond acceptors (Lipinski definition) is 5. The summed E-state index contributed by atoms with van der Waals surface area (Å²) in [6.07, 6.45) is 0. The van der Waals surface area contributed by atoms with Crippen molar-refractivity contribution in [1.29, 1.82) is 0 Å². The van der Waals surface area contributed by atoms with Crippen molar-refractivity contribution in [3.05, 3.63) is 42.5 Å². The quantitative estimate of drug-likeness (QED) is 0.695. The van der Waals surface area contributed by atoms with Gasteiger partial charge in [0.1, 0.15) is 11.3 Å². The number of amides is 1. The highest BCUT2D eigenvalue weighted by Crippen LogP contribution is 2.27. The Balaban J connectivity index is 1.82. The van der Waals surface area contributed by atoms with Crippen molar-refractivity contribution >= 4 is 40.0 Å². The van der Waals surface area contributed by atoms with Gasteiger partial charge < -0.3 is 19.8 Å². The van der Waals surface area contributed by atoms with Gasteiger partial charge in [0.2, 0.25) is 11.8 Å². The minimum Gasteiger partial charge on any atom is -0.494 e. The lowest BCUT2D eigenvalue weighted by Gasteiger charge is -2.07. The normalized spacial score (nSPS) is 10.5. The highest BCUT2D eigenvalue weighted by Gasteiger charge is 2.10. The Morgan fingerprint density at radius 3 is 2.68 bits per heavy atom. The summed E-state index contributed by atoms with van der Waals surface area (Å²) >= 11 is 5.05. The van der Waals surface area contributed by atoms with Crippen molar-refractivity contribution in [3.63, 3.8) is 0 Å². The van der Waals surface area contributed by atoms with Crippen LogP contribution in [0.4, 0.5) is 5.69 Å². The molecule has 1 heterocycles. The van der Waals surface area contributed by atoms with E-state index in [0.717, 1.165) is 17.0 Å². The molecule has 0 aliphatic carbocycles. The molecule has 0 aliphatic heterocycles. The van der Waals surface area contributed by atoms with Crippen molar-refractivity contribution < 1.29 is 13.9 Å². The summed E-state index contributed by atoms with van der Waals surface area (Å²) in [6, 6.07) is 13.0. The van der Waals surface area contributed by atoms with Crippen LogP contribution in [0.3, 0.4) is 0 Å². The van der Waals surface area contributed by atoms with Gasteiger partial charge in [0, 0.05) is 18.2 Å². The van der Waals surface area contributed by atoms with Crippen LogP contribution in [0, 0.1) is 0 Å². The maximum atomic E-state index is 11.0. The number of aromatic nitrogens is 1. The van der Waals surface area contributed by atoms with E-state index in [0.29, 0.717) is 23.6 Å². The van der Waals surface area contributed by atoms with Crippen LogP contribution in [0.25, 0.3) is 22.6 Å². The molecule has 7 heteroatoms. The van der Waals surface area contributed by atoms with E-state index >= 15 is 0 Å². The third-order valence-electron chi connectivity index (χ3n) is 3.35. The summed E-state index contributed by atoms with van der Waals surface area (Å²) in [4.78, 5) is 15.5. The standard InChI is InChI=1S/C18H17N3O3S/c1-3-23-14-7-4-12(5-8-14)17-21-15-10-13(6-9-16(15)24-17)20-18(25)19-11(2)22/h4-10H,3H2,1-2H3,(H2,19,20,22,25). The minimum atomic E-state index is -0.224. The average molecular weight is 355 g/mol. The van der Waals surface area contributed by atoms with E-state index in [1.807, 2.05) is 43.3 Å². The molecule has 0 bridgehead atoms. The number of benzene rings is 2. The topological polar surface area (TPSA) is 76.4 Å². The zero-order valence-electron chi connectivity index (χ0n) is 13.8. The first-order valence-corrected chi connectivity index (χ1v) is 8.18. The van der Waals surface area contributed by atoms with Gasteiger partial charge in [0.15, 0.2) is 10.7 Å². The molecule has 128 valence electrons. The van der Waals surface area contributed by atoms with Crippen LogP contribution in [0.5, 0.6) is 5.75 Å². The molecule has 3 aromatic rings. The van der Waals surface area contributed by atoms with Crippen LogP contribution in [0.1, 0.15) is 13.8 Å². The Labute approximate surface area is 150 Å². The van der Waals surface area contributed by atoms with Gasteiger partial charge in [-0.1, -0.05) is 0 Å². The fourth-order valence-corrected chi connectivity index (χ4v) is 2.57. The van der Waals surface area contributed by atoms with Crippen LogP contribution in [-0.2, 0) is 4.79 Å². The van der Waals surface area contributed by atoms with Gasteiger partial charge in [0.25, 0.3) is 0 Å². The first kappa shape index (κ1) is 16.9. The zero-order chi connectivity index (χ0) is 17.8. The van der Waals surface area contributed by atoms with Gasteiger partial charge >= 0.3 is 0 Å². The van der Waals surface area contributed by atoms with E-state index < -0.39 is 0 Å². The highest BCUT2D eigenvalue weighted by molar-refractivity contribution is 7.80. The van der Waals surface area contributed by atoms with Crippen molar-refractivity contribution in [3.8, 4) is 17.2 Å². The number of nitrogens with one attached hydrogen (secondary N) is 2. The number of carbonyl (C=O) groups excluding carboxylic acids is 1. The number of oxazole rings is 1. The van der Waals surface area contributed by atoms with Crippen LogP contribution in [0.15, 0.2) is 46.9 Å².